The maximum Gasteiger partial charge on any atom is 0.237 e. The van der Waals surface area contributed by atoms with Crippen molar-refractivity contribution in [3.05, 3.63) is 23.7 Å². The van der Waals surface area contributed by atoms with Crippen LogP contribution in [-0.2, 0) is 11.3 Å². The lowest BCUT2D eigenvalue weighted by molar-refractivity contribution is -0.133. The molecule has 0 bridgehead atoms. The first-order valence-electron chi connectivity index (χ1n) is 9.15. The predicted octanol–water partition coefficient (Wildman–Crippen LogP) is 3.59. The molecule has 0 atom stereocenters. The number of likely N-dealkylation sites (N-methyl/N-ethyl adjacent to an activating group) is 1. The second kappa shape index (κ2) is 7.52. The number of rotatable bonds is 7. The highest BCUT2D eigenvalue weighted by Gasteiger charge is 2.33. The van der Waals surface area contributed by atoms with Crippen molar-refractivity contribution < 1.29 is 9.21 Å². The van der Waals surface area contributed by atoms with Gasteiger partial charge in [0.05, 0.1) is 13.1 Å². The van der Waals surface area contributed by atoms with E-state index in [0.29, 0.717) is 19.1 Å². The minimum absolute atomic E-state index is 0.250. The topological polar surface area (TPSA) is 36.7 Å². The Bertz CT molecular complexity index is 515. The van der Waals surface area contributed by atoms with Crippen molar-refractivity contribution in [2.75, 3.05) is 20.1 Å². The predicted molar refractivity (Wildman–Crippen MR) is 91.1 cm³/mol. The van der Waals surface area contributed by atoms with Crippen LogP contribution in [0.4, 0.5) is 0 Å². The second-order valence-electron chi connectivity index (χ2n) is 7.47. The minimum Gasteiger partial charge on any atom is -0.464 e. The normalized spacial score (nSPS) is 19.3. The van der Waals surface area contributed by atoms with E-state index in [2.05, 4.69) is 11.9 Å². The van der Waals surface area contributed by atoms with E-state index in [4.69, 9.17) is 4.42 Å². The number of furan rings is 1. The Balaban J connectivity index is 1.51. The number of amides is 1. The summed E-state index contributed by atoms with van der Waals surface area (Å²) in [7, 11) is 2.09. The number of carbonyl (C=O) groups is 1. The molecule has 0 radical (unpaired) electrons. The smallest absolute Gasteiger partial charge is 0.237 e. The van der Waals surface area contributed by atoms with Crippen LogP contribution in [0.15, 0.2) is 16.5 Å². The van der Waals surface area contributed by atoms with Crippen LogP contribution in [0.2, 0.25) is 0 Å². The first-order valence-corrected chi connectivity index (χ1v) is 9.15. The summed E-state index contributed by atoms with van der Waals surface area (Å²) in [6.07, 6.45) is 9.04. The molecule has 1 amide bonds. The Morgan fingerprint density at radius 1 is 1.17 bits per heavy atom. The van der Waals surface area contributed by atoms with Gasteiger partial charge in [-0.3, -0.25) is 9.69 Å². The highest BCUT2D eigenvalue weighted by atomic mass is 16.3. The lowest BCUT2D eigenvalue weighted by atomic mass is 9.89. The Morgan fingerprint density at radius 3 is 2.52 bits per heavy atom. The van der Waals surface area contributed by atoms with Crippen molar-refractivity contribution in [2.24, 2.45) is 5.92 Å². The van der Waals surface area contributed by atoms with Crippen LogP contribution in [0, 0.1) is 12.8 Å². The summed E-state index contributed by atoms with van der Waals surface area (Å²) in [5.74, 6) is 2.85. The molecule has 4 nitrogen and oxygen atoms in total. The van der Waals surface area contributed by atoms with Gasteiger partial charge >= 0.3 is 0 Å². The van der Waals surface area contributed by atoms with Gasteiger partial charge in [-0.15, -0.1) is 0 Å². The van der Waals surface area contributed by atoms with E-state index in [1.807, 2.05) is 24.0 Å². The molecule has 4 heteroatoms. The standard InChI is InChI=1S/C19H30N2O2/c1-15-8-11-18(23-15)13-21(17-9-10-17)19(22)14-20(2)12-16-6-4-3-5-7-16/h8,11,16-17H,3-7,9-10,12-14H2,1-2H3. The van der Waals surface area contributed by atoms with Gasteiger partial charge < -0.3 is 9.32 Å². The minimum atomic E-state index is 0.250. The molecular weight excluding hydrogens is 288 g/mol. The van der Waals surface area contributed by atoms with Crippen molar-refractivity contribution in [3.8, 4) is 0 Å². The van der Waals surface area contributed by atoms with Gasteiger partial charge in [0.15, 0.2) is 0 Å². The van der Waals surface area contributed by atoms with Crippen molar-refractivity contribution in [1.29, 1.82) is 0 Å². The van der Waals surface area contributed by atoms with Crippen LogP contribution >= 0.6 is 0 Å². The molecule has 0 saturated heterocycles. The van der Waals surface area contributed by atoms with Crippen molar-refractivity contribution in [2.45, 2.75) is 64.5 Å². The first-order chi connectivity index (χ1) is 11.1. The highest BCUT2D eigenvalue weighted by Crippen LogP contribution is 2.29. The fraction of sp³-hybridized carbons (Fsp3) is 0.737. The fourth-order valence-corrected chi connectivity index (χ4v) is 3.74. The maximum atomic E-state index is 12.7. The summed E-state index contributed by atoms with van der Waals surface area (Å²) in [4.78, 5) is 17.0. The fourth-order valence-electron chi connectivity index (χ4n) is 3.74. The van der Waals surface area contributed by atoms with E-state index in [0.717, 1.165) is 36.8 Å². The summed E-state index contributed by atoms with van der Waals surface area (Å²) in [6, 6.07) is 4.39. The molecule has 1 heterocycles. The molecule has 0 aromatic carbocycles. The molecular formula is C19H30N2O2. The molecule has 2 aliphatic carbocycles. The van der Waals surface area contributed by atoms with Crippen LogP contribution in [-0.4, -0.2) is 41.9 Å². The van der Waals surface area contributed by atoms with E-state index in [1.165, 1.54) is 32.1 Å². The molecule has 0 aliphatic heterocycles. The SMILES string of the molecule is Cc1ccc(CN(C(=O)CN(C)CC2CCCCC2)C2CC2)o1. The van der Waals surface area contributed by atoms with Crippen molar-refractivity contribution >= 4 is 5.91 Å². The molecule has 23 heavy (non-hydrogen) atoms. The molecule has 2 aliphatic rings. The summed E-state index contributed by atoms with van der Waals surface area (Å²) in [6.45, 7) is 4.16. The van der Waals surface area contributed by atoms with E-state index < -0.39 is 0 Å². The maximum absolute atomic E-state index is 12.7. The average molecular weight is 318 g/mol. The third kappa shape index (κ3) is 4.84. The largest absolute Gasteiger partial charge is 0.464 e. The van der Waals surface area contributed by atoms with Gasteiger partial charge in [-0.05, 0) is 57.7 Å². The van der Waals surface area contributed by atoms with Crippen LogP contribution in [0.1, 0.15) is 56.5 Å². The van der Waals surface area contributed by atoms with E-state index in [1.54, 1.807) is 0 Å². The number of carbonyl (C=O) groups excluding carboxylic acids is 1. The molecule has 1 aromatic rings. The van der Waals surface area contributed by atoms with Gasteiger partial charge in [-0.25, -0.2) is 0 Å². The van der Waals surface area contributed by atoms with Gasteiger partial charge in [0.2, 0.25) is 5.91 Å². The van der Waals surface area contributed by atoms with E-state index in [-0.39, 0.29) is 5.91 Å². The third-order valence-electron chi connectivity index (χ3n) is 5.13. The molecule has 0 spiro atoms. The van der Waals surface area contributed by atoms with E-state index in [9.17, 15) is 4.79 Å². The lowest BCUT2D eigenvalue weighted by Crippen LogP contribution is -2.41. The zero-order chi connectivity index (χ0) is 16.2. The van der Waals surface area contributed by atoms with Gasteiger partial charge in [0.1, 0.15) is 11.5 Å². The molecule has 0 N–H and O–H groups in total. The zero-order valence-electron chi connectivity index (χ0n) is 14.6. The lowest BCUT2D eigenvalue weighted by Gasteiger charge is -2.29. The van der Waals surface area contributed by atoms with Gasteiger partial charge in [0, 0.05) is 12.6 Å². The molecule has 0 unspecified atom stereocenters. The monoisotopic (exact) mass is 318 g/mol. The number of nitrogens with zero attached hydrogens (tertiary/aromatic N) is 2. The molecule has 2 saturated carbocycles. The molecule has 2 fully saturated rings. The van der Waals surface area contributed by atoms with Gasteiger partial charge in [-0.1, -0.05) is 19.3 Å². The third-order valence-corrected chi connectivity index (χ3v) is 5.13. The summed E-state index contributed by atoms with van der Waals surface area (Å²) >= 11 is 0. The Hall–Kier alpha value is -1.29. The molecule has 3 rings (SSSR count). The molecule has 1 aromatic heterocycles. The number of aryl methyl sites for hydroxylation is 1. The van der Waals surface area contributed by atoms with E-state index >= 15 is 0 Å². The van der Waals surface area contributed by atoms with Crippen LogP contribution in [0.25, 0.3) is 0 Å². The summed E-state index contributed by atoms with van der Waals surface area (Å²) in [5, 5.41) is 0. The van der Waals surface area contributed by atoms with Crippen molar-refractivity contribution in [3.63, 3.8) is 0 Å². The quantitative estimate of drug-likeness (QED) is 0.771. The van der Waals surface area contributed by atoms with Crippen LogP contribution in [0.5, 0.6) is 0 Å². The van der Waals surface area contributed by atoms with Crippen LogP contribution < -0.4 is 0 Å². The average Bonchev–Trinajstić information content (AvgIpc) is 3.28. The number of hydrogen-bond acceptors (Lipinski definition) is 3. The van der Waals surface area contributed by atoms with Gasteiger partial charge in [0.25, 0.3) is 0 Å². The Kier molecular flexibility index (Phi) is 5.42. The highest BCUT2D eigenvalue weighted by molar-refractivity contribution is 5.78. The summed E-state index contributed by atoms with van der Waals surface area (Å²) < 4.78 is 5.66. The first kappa shape index (κ1) is 16.6. The Morgan fingerprint density at radius 2 is 1.91 bits per heavy atom. The van der Waals surface area contributed by atoms with Crippen LogP contribution in [0.3, 0.4) is 0 Å². The zero-order valence-corrected chi connectivity index (χ0v) is 14.6. The second-order valence-corrected chi connectivity index (χ2v) is 7.47. The van der Waals surface area contributed by atoms with Gasteiger partial charge in [-0.2, -0.15) is 0 Å². The number of hydrogen-bond donors (Lipinski definition) is 0. The Labute approximate surface area is 139 Å². The van der Waals surface area contributed by atoms with Crippen molar-refractivity contribution in [1.82, 2.24) is 9.80 Å². The molecule has 128 valence electrons. The summed E-state index contributed by atoms with van der Waals surface area (Å²) in [5.41, 5.74) is 0.